The molecule has 1 saturated heterocycles. The lowest BCUT2D eigenvalue weighted by Gasteiger charge is -2.30. The molecule has 0 aromatic heterocycles. The topological polar surface area (TPSA) is 64.0 Å². The first kappa shape index (κ1) is 15.8. The van der Waals surface area contributed by atoms with E-state index in [-0.39, 0.29) is 5.91 Å². The van der Waals surface area contributed by atoms with E-state index in [2.05, 4.69) is 0 Å². The Labute approximate surface area is 125 Å². The van der Waals surface area contributed by atoms with Gasteiger partial charge in [0.25, 0.3) is 0 Å². The van der Waals surface area contributed by atoms with Crippen LogP contribution in [0.25, 0.3) is 0 Å². The van der Waals surface area contributed by atoms with E-state index in [4.69, 9.17) is 0 Å². The zero-order chi connectivity index (χ0) is 15.2. The average Bonchev–Trinajstić information content (AvgIpc) is 2.84. The van der Waals surface area contributed by atoms with Crippen LogP contribution in [0.4, 0.5) is 5.69 Å². The molecule has 116 valence electrons. The number of likely N-dealkylation sites (tertiary alicyclic amines) is 1. The molecular weight excluding hydrogens is 268 g/mol. The Morgan fingerprint density at radius 1 is 1.24 bits per heavy atom. The van der Waals surface area contributed by atoms with Crippen LogP contribution in [0.3, 0.4) is 0 Å². The minimum Gasteiger partial charge on any atom is -0.392 e. The van der Waals surface area contributed by atoms with Crippen LogP contribution in [-0.2, 0) is 4.79 Å². The number of hydrogen-bond acceptors (Lipinski definition) is 4. The second kappa shape index (κ2) is 7.43. The van der Waals surface area contributed by atoms with Crippen molar-refractivity contribution in [2.75, 3.05) is 31.1 Å². The van der Waals surface area contributed by atoms with Crippen molar-refractivity contribution in [3.05, 3.63) is 30.3 Å². The summed E-state index contributed by atoms with van der Waals surface area (Å²) >= 11 is 0. The monoisotopic (exact) mass is 292 g/mol. The maximum absolute atomic E-state index is 11.6. The molecule has 0 aliphatic carbocycles. The van der Waals surface area contributed by atoms with Crippen molar-refractivity contribution in [3.63, 3.8) is 0 Å². The highest BCUT2D eigenvalue weighted by Crippen LogP contribution is 2.16. The summed E-state index contributed by atoms with van der Waals surface area (Å²) in [7, 11) is 0. The van der Waals surface area contributed by atoms with Crippen molar-refractivity contribution in [1.29, 1.82) is 0 Å². The molecule has 2 N–H and O–H groups in total. The zero-order valence-corrected chi connectivity index (χ0v) is 12.5. The first-order valence-electron chi connectivity index (χ1n) is 7.50. The van der Waals surface area contributed by atoms with E-state index in [1.165, 1.54) is 0 Å². The molecule has 0 spiro atoms. The molecule has 1 aliphatic heterocycles. The quantitative estimate of drug-likeness (QED) is 0.782. The number of rotatable bonds is 7. The molecule has 1 aromatic carbocycles. The number of carbonyl (C=O) groups excluding carboxylic acids is 1. The molecule has 2 rings (SSSR count). The number of benzene rings is 1. The Bertz CT molecular complexity index is 450. The number of nitrogens with zero attached hydrogens (tertiary/aromatic N) is 2. The number of aliphatic hydroxyl groups is 2. The van der Waals surface area contributed by atoms with Gasteiger partial charge in [-0.05, 0) is 25.5 Å². The Kier molecular flexibility index (Phi) is 5.59. The summed E-state index contributed by atoms with van der Waals surface area (Å²) in [4.78, 5) is 15.3. The van der Waals surface area contributed by atoms with E-state index < -0.39 is 12.2 Å². The first-order chi connectivity index (χ1) is 10.1. The Hall–Kier alpha value is -1.59. The first-order valence-corrected chi connectivity index (χ1v) is 7.50. The molecule has 0 bridgehead atoms. The third-order valence-electron chi connectivity index (χ3n) is 3.64. The van der Waals surface area contributed by atoms with E-state index in [0.29, 0.717) is 26.1 Å². The smallest absolute Gasteiger partial charge is 0.222 e. The predicted molar refractivity (Wildman–Crippen MR) is 82.2 cm³/mol. The molecule has 5 heteroatoms. The van der Waals surface area contributed by atoms with Crippen LogP contribution in [-0.4, -0.2) is 59.4 Å². The van der Waals surface area contributed by atoms with Gasteiger partial charge in [0.1, 0.15) is 0 Å². The fourth-order valence-corrected chi connectivity index (χ4v) is 2.71. The van der Waals surface area contributed by atoms with Crippen molar-refractivity contribution in [2.24, 2.45) is 0 Å². The van der Waals surface area contributed by atoms with Gasteiger partial charge in [0.05, 0.1) is 12.2 Å². The summed E-state index contributed by atoms with van der Waals surface area (Å²) in [6.45, 7) is 3.68. The SMILES string of the molecule is C[C@H](O)CN(C[C@@H](O)CN1CCCC1=O)c1ccccc1. The molecule has 21 heavy (non-hydrogen) atoms. The van der Waals surface area contributed by atoms with Gasteiger partial charge in [-0.1, -0.05) is 18.2 Å². The van der Waals surface area contributed by atoms with Gasteiger partial charge in [-0.3, -0.25) is 4.79 Å². The van der Waals surface area contributed by atoms with Crippen LogP contribution in [0.5, 0.6) is 0 Å². The minimum absolute atomic E-state index is 0.121. The number of aliphatic hydroxyl groups excluding tert-OH is 2. The molecule has 1 heterocycles. The van der Waals surface area contributed by atoms with Crippen molar-refractivity contribution in [1.82, 2.24) is 4.90 Å². The molecule has 1 aliphatic rings. The second-order valence-corrected chi connectivity index (χ2v) is 5.69. The minimum atomic E-state index is -0.619. The van der Waals surface area contributed by atoms with Crippen LogP contribution in [0.15, 0.2) is 30.3 Å². The summed E-state index contributed by atoms with van der Waals surface area (Å²) in [6.07, 6.45) is 0.363. The predicted octanol–water partition coefficient (Wildman–Crippen LogP) is 0.857. The molecule has 0 radical (unpaired) electrons. The third kappa shape index (κ3) is 4.72. The fourth-order valence-electron chi connectivity index (χ4n) is 2.71. The Balaban J connectivity index is 1.96. The molecular formula is C16H24N2O3. The van der Waals surface area contributed by atoms with Crippen molar-refractivity contribution >= 4 is 11.6 Å². The van der Waals surface area contributed by atoms with Crippen LogP contribution >= 0.6 is 0 Å². The van der Waals surface area contributed by atoms with E-state index in [9.17, 15) is 15.0 Å². The van der Waals surface area contributed by atoms with Crippen LogP contribution in [0.1, 0.15) is 19.8 Å². The molecule has 0 saturated carbocycles. The number of carbonyl (C=O) groups is 1. The molecule has 0 unspecified atom stereocenters. The highest BCUT2D eigenvalue weighted by atomic mass is 16.3. The third-order valence-corrected chi connectivity index (χ3v) is 3.64. The zero-order valence-electron chi connectivity index (χ0n) is 12.5. The number of hydrogen-bond donors (Lipinski definition) is 2. The largest absolute Gasteiger partial charge is 0.392 e. The van der Waals surface area contributed by atoms with Crippen LogP contribution < -0.4 is 4.90 Å². The standard InChI is InChI=1S/C16H24N2O3/c1-13(19)10-18(14-6-3-2-4-7-14)12-15(20)11-17-9-5-8-16(17)21/h2-4,6-7,13,15,19-20H,5,8-12H2,1H3/t13-,15-/m0/s1. The van der Waals surface area contributed by atoms with Crippen molar-refractivity contribution in [2.45, 2.75) is 32.0 Å². The van der Waals surface area contributed by atoms with Gasteiger partial charge in [-0.25, -0.2) is 0 Å². The number of β-amino-alcohol motifs (C(OH)–C–C–N with tert-alkyl or cyclic N) is 1. The molecule has 2 atom stereocenters. The van der Waals surface area contributed by atoms with E-state index in [1.54, 1.807) is 11.8 Å². The summed E-state index contributed by atoms with van der Waals surface area (Å²) in [5.74, 6) is 0.121. The summed E-state index contributed by atoms with van der Waals surface area (Å²) in [5.41, 5.74) is 0.963. The normalized spacial score (nSPS) is 17.9. The maximum Gasteiger partial charge on any atom is 0.222 e. The van der Waals surface area contributed by atoms with Gasteiger partial charge < -0.3 is 20.0 Å². The van der Waals surface area contributed by atoms with E-state index in [0.717, 1.165) is 18.7 Å². The van der Waals surface area contributed by atoms with Gasteiger partial charge in [-0.2, -0.15) is 0 Å². The highest BCUT2D eigenvalue weighted by molar-refractivity contribution is 5.78. The molecule has 1 fully saturated rings. The lowest BCUT2D eigenvalue weighted by Crippen LogP contribution is -2.43. The van der Waals surface area contributed by atoms with Crippen molar-refractivity contribution in [3.8, 4) is 0 Å². The van der Waals surface area contributed by atoms with Crippen molar-refractivity contribution < 1.29 is 15.0 Å². The van der Waals surface area contributed by atoms with Gasteiger partial charge in [0.15, 0.2) is 0 Å². The van der Waals surface area contributed by atoms with Gasteiger partial charge in [-0.15, -0.1) is 0 Å². The highest BCUT2D eigenvalue weighted by Gasteiger charge is 2.24. The summed E-state index contributed by atoms with van der Waals surface area (Å²) in [6, 6.07) is 9.71. The average molecular weight is 292 g/mol. The lowest BCUT2D eigenvalue weighted by atomic mass is 10.2. The maximum atomic E-state index is 11.6. The lowest BCUT2D eigenvalue weighted by molar-refractivity contribution is -0.128. The van der Waals surface area contributed by atoms with Crippen LogP contribution in [0, 0.1) is 0 Å². The molecule has 1 amide bonds. The van der Waals surface area contributed by atoms with Gasteiger partial charge in [0.2, 0.25) is 5.91 Å². The number of anilines is 1. The number of amides is 1. The van der Waals surface area contributed by atoms with Crippen LogP contribution in [0.2, 0.25) is 0 Å². The molecule has 1 aromatic rings. The van der Waals surface area contributed by atoms with E-state index >= 15 is 0 Å². The number of para-hydroxylation sites is 1. The Morgan fingerprint density at radius 3 is 2.52 bits per heavy atom. The Morgan fingerprint density at radius 2 is 1.95 bits per heavy atom. The second-order valence-electron chi connectivity index (χ2n) is 5.69. The summed E-state index contributed by atoms with van der Waals surface area (Å²) in [5, 5.41) is 19.9. The fraction of sp³-hybridized carbons (Fsp3) is 0.562. The summed E-state index contributed by atoms with van der Waals surface area (Å²) < 4.78 is 0. The van der Waals surface area contributed by atoms with E-state index in [1.807, 2.05) is 35.2 Å². The van der Waals surface area contributed by atoms with Gasteiger partial charge in [0, 0.05) is 38.3 Å². The van der Waals surface area contributed by atoms with Gasteiger partial charge >= 0.3 is 0 Å². The molecule has 5 nitrogen and oxygen atoms in total.